The first kappa shape index (κ1) is 11.3. The van der Waals surface area contributed by atoms with Crippen LogP contribution in [0.3, 0.4) is 0 Å². The molecule has 4 heteroatoms. The number of nitrogens with zero attached hydrogens (tertiary/aromatic N) is 3. The summed E-state index contributed by atoms with van der Waals surface area (Å²) in [6.07, 6.45) is 1.41. The van der Waals surface area contributed by atoms with Crippen molar-refractivity contribution in [2.75, 3.05) is 11.9 Å². The number of rotatable bonds is 3. The van der Waals surface area contributed by atoms with E-state index in [1.54, 1.807) is 6.07 Å². The van der Waals surface area contributed by atoms with Crippen molar-refractivity contribution >= 4 is 17.3 Å². The maximum Gasteiger partial charge on any atom is 0.178 e. The molecule has 0 saturated carbocycles. The SMILES string of the molecule is CC(=O)c1cc(N(C)c2ccccc2)ncn1. The highest BCUT2D eigenvalue weighted by molar-refractivity contribution is 5.92. The fraction of sp³-hybridized carbons (Fsp3) is 0.154. The largest absolute Gasteiger partial charge is 0.329 e. The van der Waals surface area contributed by atoms with Crippen molar-refractivity contribution in [2.24, 2.45) is 0 Å². The van der Waals surface area contributed by atoms with Gasteiger partial charge in [0.05, 0.1) is 0 Å². The molecule has 0 atom stereocenters. The molecule has 0 fully saturated rings. The van der Waals surface area contributed by atoms with Gasteiger partial charge in [-0.15, -0.1) is 0 Å². The Hall–Kier alpha value is -2.23. The number of hydrogen-bond donors (Lipinski definition) is 0. The molecule has 0 N–H and O–H groups in total. The van der Waals surface area contributed by atoms with Crippen molar-refractivity contribution in [1.29, 1.82) is 0 Å². The normalized spacial score (nSPS) is 10.0. The van der Waals surface area contributed by atoms with Gasteiger partial charge in [-0.05, 0) is 12.1 Å². The average Bonchev–Trinajstić information content (AvgIpc) is 2.39. The van der Waals surface area contributed by atoms with E-state index in [1.165, 1.54) is 13.3 Å². The summed E-state index contributed by atoms with van der Waals surface area (Å²) in [5, 5.41) is 0. The smallest absolute Gasteiger partial charge is 0.178 e. The predicted octanol–water partition coefficient (Wildman–Crippen LogP) is 2.45. The third kappa shape index (κ3) is 2.47. The van der Waals surface area contributed by atoms with Crippen LogP contribution in [-0.2, 0) is 0 Å². The monoisotopic (exact) mass is 227 g/mol. The molecule has 0 aliphatic heterocycles. The first-order chi connectivity index (χ1) is 8.18. The molecule has 0 aliphatic carbocycles. The Labute approximate surface area is 99.9 Å². The van der Waals surface area contributed by atoms with Crippen LogP contribution in [0.5, 0.6) is 0 Å². The highest BCUT2D eigenvalue weighted by Crippen LogP contribution is 2.20. The van der Waals surface area contributed by atoms with Gasteiger partial charge in [0, 0.05) is 25.7 Å². The van der Waals surface area contributed by atoms with Gasteiger partial charge in [0.2, 0.25) is 0 Å². The Kier molecular flexibility index (Phi) is 3.14. The standard InChI is InChI=1S/C13H13N3O/c1-10(17)12-8-13(15-9-14-12)16(2)11-6-4-3-5-7-11/h3-9H,1-2H3. The van der Waals surface area contributed by atoms with Crippen molar-refractivity contribution in [3.05, 3.63) is 48.4 Å². The van der Waals surface area contributed by atoms with E-state index >= 15 is 0 Å². The van der Waals surface area contributed by atoms with E-state index in [1.807, 2.05) is 42.3 Å². The first-order valence-electron chi connectivity index (χ1n) is 5.30. The Morgan fingerprint density at radius 3 is 2.53 bits per heavy atom. The lowest BCUT2D eigenvalue weighted by Gasteiger charge is -2.18. The Balaban J connectivity index is 2.34. The number of ketones is 1. The van der Waals surface area contributed by atoms with E-state index in [0.29, 0.717) is 11.5 Å². The van der Waals surface area contributed by atoms with E-state index < -0.39 is 0 Å². The van der Waals surface area contributed by atoms with Crippen molar-refractivity contribution in [3.63, 3.8) is 0 Å². The van der Waals surface area contributed by atoms with Gasteiger partial charge in [0.25, 0.3) is 0 Å². The molecule has 0 unspecified atom stereocenters. The van der Waals surface area contributed by atoms with Crippen LogP contribution in [0.1, 0.15) is 17.4 Å². The van der Waals surface area contributed by atoms with E-state index in [0.717, 1.165) is 5.69 Å². The summed E-state index contributed by atoms with van der Waals surface area (Å²) in [6.45, 7) is 1.49. The van der Waals surface area contributed by atoms with Gasteiger partial charge in [-0.2, -0.15) is 0 Å². The fourth-order valence-electron chi connectivity index (χ4n) is 1.51. The van der Waals surface area contributed by atoms with Crippen LogP contribution in [0.2, 0.25) is 0 Å². The molecule has 1 heterocycles. The number of carbonyl (C=O) groups excluding carboxylic acids is 1. The molecule has 0 amide bonds. The maximum absolute atomic E-state index is 11.2. The lowest BCUT2D eigenvalue weighted by molar-refractivity contribution is 0.101. The molecule has 86 valence electrons. The molecule has 0 aliphatic rings. The fourth-order valence-corrected chi connectivity index (χ4v) is 1.51. The first-order valence-corrected chi connectivity index (χ1v) is 5.30. The van der Waals surface area contributed by atoms with Gasteiger partial charge in [-0.3, -0.25) is 4.79 Å². The minimum Gasteiger partial charge on any atom is -0.329 e. The zero-order chi connectivity index (χ0) is 12.3. The summed E-state index contributed by atoms with van der Waals surface area (Å²) in [4.78, 5) is 21.2. The zero-order valence-corrected chi connectivity index (χ0v) is 9.79. The predicted molar refractivity (Wildman–Crippen MR) is 66.5 cm³/mol. The molecule has 0 spiro atoms. The van der Waals surface area contributed by atoms with E-state index in [9.17, 15) is 4.79 Å². The molecular formula is C13H13N3O. The van der Waals surface area contributed by atoms with E-state index in [-0.39, 0.29) is 5.78 Å². The second-order valence-electron chi connectivity index (χ2n) is 3.71. The third-order valence-electron chi connectivity index (χ3n) is 2.50. The van der Waals surface area contributed by atoms with Gasteiger partial charge >= 0.3 is 0 Å². The number of anilines is 2. The van der Waals surface area contributed by atoms with Gasteiger partial charge in [0.15, 0.2) is 5.78 Å². The summed E-state index contributed by atoms with van der Waals surface area (Å²) in [6, 6.07) is 11.5. The minimum atomic E-state index is -0.0601. The van der Waals surface area contributed by atoms with Crippen LogP contribution in [-0.4, -0.2) is 22.8 Å². The number of benzene rings is 1. The summed E-state index contributed by atoms with van der Waals surface area (Å²) in [7, 11) is 1.90. The van der Waals surface area contributed by atoms with Crippen LogP contribution in [0, 0.1) is 0 Å². The molecule has 0 bridgehead atoms. The molecule has 2 rings (SSSR count). The second kappa shape index (κ2) is 4.74. The number of para-hydroxylation sites is 1. The maximum atomic E-state index is 11.2. The van der Waals surface area contributed by atoms with Crippen LogP contribution < -0.4 is 4.90 Å². The zero-order valence-electron chi connectivity index (χ0n) is 9.79. The van der Waals surface area contributed by atoms with E-state index in [4.69, 9.17) is 0 Å². The van der Waals surface area contributed by atoms with Gasteiger partial charge in [0.1, 0.15) is 17.8 Å². The van der Waals surface area contributed by atoms with Crippen LogP contribution in [0.4, 0.5) is 11.5 Å². The summed E-state index contributed by atoms with van der Waals surface area (Å²) in [5.41, 5.74) is 1.44. The molecular weight excluding hydrogens is 214 g/mol. The van der Waals surface area contributed by atoms with Crippen LogP contribution in [0.25, 0.3) is 0 Å². The molecule has 1 aromatic carbocycles. The van der Waals surface area contributed by atoms with Crippen molar-refractivity contribution in [1.82, 2.24) is 9.97 Å². The Morgan fingerprint density at radius 2 is 1.88 bits per heavy atom. The van der Waals surface area contributed by atoms with Gasteiger partial charge in [-0.25, -0.2) is 9.97 Å². The summed E-state index contributed by atoms with van der Waals surface area (Å²) >= 11 is 0. The molecule has 0 radical (unpaired) electrons. The third-order valence-corrected chi connectivity index (χ3v) is 2.50. The second-order valence-corrected chi connectivity index (χ2v) is 3.71. The highest BCUT2D eigenvalue weighted by atomic mass is 16.1. The van der Waals surface area contributed by atoms with Crippen molar-refractivity contribution in [3.8, 4) is 0 Å². The number of hydrogen-bond acceptors (Lipinski definition) is 4. The van der Waals surface area contributed by atoms with E-state index in [2.05, 4.69) is 9.97 Å². The van der Waals surface area contributed by atoms with Crippen molar-refractivity contribution in [2.45, 2.75) is 6.92 Å². The number of Topliss-reactive ketones (excluding diaryl/α,β-unsaturated/α-hetero) is 1. The highest BCUT2D eigenvalue weighted by Gasteiger charge is 2.08. The molecule has 0 saturated heterocycles. The molecule has 1 aromatic heterocycles. The quantitative estimate of drug-likeness (QED) is 0.755. The molecule has 17 heavy (non-hydrogen) atoms. The average molecular weight is 227 g/mol. The molecule has 2 aromatic rings. The minimum absolute atomic E-state index is 0.0601. The topological polar surface area (TPSA) is 46.1 Å². The Morgan fingerprint density at radius 1 is 1.18 bits per heavy atom. The number of aromatic nitrogens is 2. The number of carbonyl (C=O) groups is 1. The summed E-state index contributed by atoms with van der Waals surface area (Å²) in [5.74, 6) is 0.645. The molecule has 4 nitrogen and oxygen atoms in total. The lowest BCUT2D eigenvalue weighted by atomic mass is 10.2. The lowest BCUT2D eigenvalue weighted by Crippen LogP contribution is -2.12. The van der Waals surface area contributed by atoms with Gasteiger partial charge in [-0.1, -0.05) is 18.2 Å². The summed E-state index contributed by atoms with van der Waals surface area (Å²) < 4.78 is 0. The van der Waals surface area contributed by atoms with Crippen LogP contribution >= 0.6 is 0 Å². The van der Waals surface area contributed by atoms with Crippen LogP contribution in [0.15, 0.2) is 42.7 Å². The van der Waals surface area contributed by atoms with Gasteiger partial charge < -0.3 is 4.90 Å². The Bertz CT molecular complexity index is 525. The van der Waals surface area contributed by atoms with Crippen molar-refractivity contribution < 1.29 is 4.79 Å².